The summed E-state index contributed by atoms with van der Waals surface area (Å²) in [4.78, 5) is 42.0. The first-order chi connectivity index (χ1) is 15.6. The summed E-state index contributed by atoms with van der Waals surface area (Å²) in [5.41, 5.74) is 0. The van der Waals surface area contributed by atoms with Crippen LogP contribution in [0.15, 0.2) is 0 Å². The molecule has 6 atom stereocenters. The molecule has 3 N–H and O–H groups in total. The number of hydrogen-bond acceptors (Lipinski definition) is 10. The Morgan fingerprint density at radius 2 is 1.09 bits per heavy atom. The molecule has 0 rings (SSSR count). The maximum atomic E-state index is 11.4. The van der Waals surface area contributed by atoms with Gasteiger partial charge in [-0.15, -0.1) is 0 Å². The zero-order valence-electron chi connectivity index (χ0n) is 19.1. The van der Waals surface area contributed by atoms with E-state index in [9.17, 15) is 50.5 Å². The maximum Gasteiger partial charge on any atom is 0.241 e. The molecule has 0 aliphatic heterocycles. The highest BCUT2D eigenvalue weighted by atomic mass is 16.6. The topological polar surface area (TPSA) is 207 Å². The van der Waals surface area contributed by atoms with Crippen LogP contribution < -0.4 is 0 Å². The molecule has 0 fully saturated rings. The lowest BCUT2D eigenvalue weighted by Gasteiger charge is -2.23. The predicted octanol–water partition coefficient (Wildman–Crippen LogP) is 1.91. The molecule has 0 heterocycles. The number of aldehydes is 1. The van der Waals surface area contributed by atoms with Crippen LogP contribution in [-0.4, -0.2) is 72.8 Å². The highest BCUT2D eigenvalue weighted by Crippen LogP contribution is 2.21. The summed E-state index contributed by atoms with van der Waals surface area (Å²) in [5.74, 6) is 0. The molecule has 33 heavy (non-hydrogen) atoms. The summed E-state index contributed by atoms with van der Waals surface area (Å²) in [7, 11) is 0. The molecule has 0 spiro atoms. The van der Waals surface area contributed by atoms with E-state index in [1.54, 1.807) is 0 Å². The molecular formula is C20H37N3O10. The molecular weight excluding hydrogens is 442 g/mol. The Labute approximate surface area is 192 Å². The minimum absolute atomic E-state index is 0.0285. The van der Waals surface area contributed by atoms with Crippen molar-refractivity contribution in [2.24, 2.45) is 0 Å². The number of carbonyl (C=O) groups is 1. The monoisotopic (exact) mass is 479 g/mol. The molecule has 13 heteroatoms. The van der Waals surface area contributed by atoms with Crippen LogP contribution in [0.25, 0.3) is 0 Å². The highest BCUT2D eigenvalue weighted by Gasteiger charge is 2.41. The van der Waals surface area contributed by atoms with Crippen LogP contribution in [0.4, 0.5) is 0 Å². The smallest absolute Gasteiger partial charge is 0.241 e. The largest absolute Gasteiger partial charge is 0.386 e. The van der Waals surface area contributed by atoms with Gasteiger partial charge in [-0.2, -0.15) is 0 Å². The van der Waals surface area contributed by atoms with Gasteiger partial charge in [-0.05, 0) is 19.3 Å². The number of carbonyl (C=O) groups excluding carboxylic acids is 1. The lowest BCUT2D eigenvalue weighted by molar-refractivity contribution is -0.556. The van der Waals surface area contributed by atoms with Gasteiger partial charge in [-0.3, -0.25) is 30.3 Å². The number of hydrogen-bond donors (Lipinski definition) is 3. The summed E-state index contributed by atoms with van der Waals surface area (Å²) < 4.78 is 0. The molecule has 0 aliphatic carbocycles. The normalized spacial score (nSPS) is 16.8. The minimum atomic E-state index is -1.83. The molecule has 192 valence electrons. The second-order valence-electron chi connectivity index (χ2n) is 8.39. The number of aliphatic hydroxyl groups excluding tert-OH is 3. The fraction of sp³-hybridized carbons (Fsp3) is 0.950. The summed E-state index contributed by atoms with van der Waals surface area (Å²) in [6, 6.07) is -4.70. The lowest BCUT2D eigenvalue weighted by Crippen LogP contribution is -2.45. The van der Waals surface area contributed by atoms with Gasteiger partial charge in [0, 0.05) is 40.5 Å². The second kappa shape index (κ2) is 17.3. The average molecular weight is 480 g/mol. The van der Waals surface area contributed by atoms with Gasteiger partial charge in [-0.25, -0.2) is 0 Å². The van der Waals surface area contributed by atoms with E-state index in [-0.39, 0.29) is 12.8 Å². The van der Waals surface area contributed by atoms with Gasteiger partial charge in [0.25, 0.3) is 0 Å². The van der Waals surface area contributed by atoms with Crippen LogP contribution >= 0.6 is 0 Å². The first kappa shape index (κ1) is 30.8. The molecule has 0 aromatic heterocycles. The average Bonchev–Trinajstić information content (AvgIpc) is 2.73. The number of aliphatic hydroxyl groups is 3. The Kier molecular flexibility index (Phi) is 16.1. The van der Waals surface area contributed by atoms with E-state index >= 15 is 0 Å². The van der Waals surface area contributed by atoms with E-state index in [1.165, 1.54) is 0 Å². The Morgan fingerprint density at radius 3 is 1.55 bits per heavy atom. The third kappa shape index (κ3) is 12.5. The molecule has 0 aromatic carbocycles. The van der Waals surface area contributed by atoms with Crippen LogP contribution in [0.3, 0.4) is 0 Å². The van der Waals surface area contributed by atoms with Gasteiger partial charge in [0.2, 0.25) is 18.1 Å². The summed E-state index contributed by atoms with van der Waals surface area (Å²) in [6.07, 6.45) is -1.05. The molecule has 0 bridgehead atoms. The van der Waals surface area contributed by atoms with Gasteiger partial charge in [0.05, 0.1) is 6.42 Å². The molecule has 0 aliphatic rings. The van der Waals surface area contributed by atoms with Crippen LogP contribution in [-0.2, 0) is 4.79 Å². The molecule has 0 aromatic rings. The first-order valence-electron chi connectivity index (χ1n) is 11.4. The van der Waals surface area contributed by atoms with Crippen molar-refractivity contribution in [3.05, 3.63) is 30.3 Å². The Bertz CT molecular complexity index is 607. The van der Waals surface area contributed by atoms with Crippen molar-refractivity contribution in [2.45, 2.75) is 120 Å². The summed E-state index contributed by atoms with van der Waals surface area (Å²) >= 11 is 0. The van der Waals surface area contributed by atoms with Gasteiger partial charge >= 0.3 is 0 Å². The van der Waals surface area contributed by atoms with Crippen molar-refractivity contribution in [2.75, 3.05) is 0 Å². The molecule has 0 amide bonds. The summed E-state index contributed by atoms with van der Waals surface area (Å²) in [5, 5.41) is 64.8. The Hall–Kier alpha value is -2.25. The fourth-order valence-electron chi connectivity index (χ4n) is 3.76. The lowest BCUT2D eigenvalue weighted by atomic mass is 9.91. The van der Waals surface area contributed by atoms with Gasteiger partial charge in [0.1, 0.15) is 24.6 Å². The van der Waals surface area contributed by atoms with Crippen molar-refractivity contribution in [1.29, 1.82) is 0 Å². The standard InChI is InChI=1S/C20H37N3O10/c1-2-3-7-10-16(22(30)31)19(26)14-20(27)17(23(32)33)13-18(25)15(21(28)29)11-8-5-4-6-9-12-24/h12,15-20,25-27H,2-11,13-14H2,1H3. The minimum Gasteiger partial charge on any atom is -0.386 e. The predicted molar refractivity (Wildman–Crippen MR) is 118 cm³/mol. The van der Waals surface area contributed by atoms with E-state index in [2.05, 4.69) is 0 Å². The highest BCUT2D eigenvalue weighted by molar-refractivity contribution is 5.48. The molecule has 0 saturated heterocycles. The number of nitrogens with zero attached hydrogens (tertiary/aromatic N) is 3. The van der Waals surface area contributed by atoms with Gasteiger partial charge in [0.15, 0.2) is 0 Å². The molecule has 0 saturated carbocycles. The maximum absolute atomic E-state index is 11.4. The zero-order chi connectivity index (χ0) is 25.4. The van der Waals surface area contributed by atoms with Crippen LogP contribution in [0.5, 0.6) is 0 Å². The fourth-order valence-corrected chi connectivity index (χ4v) is 3.76. The number of rotatable bonds is 21. The van der Waals surface area contributed by atoms with Crippen molar-refractivity contribution in [3.8, 4) is 0 Å². The quantitative estimate of drug-likeness (QED) is 0.0942. The SMILES string of the molecule is CCCCCC(C(O)CC(O)C(CC(O)C(CCCCCCC=O)[N+](=O)[O-])[N+](=O)[O-])[N+](=O)[O-]. The Balaban J connectivity index is 5.01. The van der Waals surface area contributed by atoms with E-state index < -0.39 is 64.0 Å². The third-order valence-electron chi connectivity index (χ3n) is 5.79. The van der Waals surface area contributed by atoms with Crippen LogP contribution in [0.1, 0.15) is 84.0 Å². The molecule has 13 nitrogen and oxygen atoms in total. The van der Waals surface area contributed by atoms with Gasteiger partial charge in [-0.1, -0.05) is 32.6 Å². The third-order valence-corrected chi connectivity index (χ3v) is 5.79. The van der Waals surface area contributed by atoms with E-state index in [4.69, 9.17) is 0 Å². The van der Waals surface area contributed by atoms with E-state index in [1.807, 2.05) is 6.92 Å². The molecule has 0 radical (unpaired) electrons. The summed E-state index contributed by atoms with van der Waals surface area (Å²) in [6.45, 7) is 1.90. The van der Waals surface area contributed by atoms with Crippen molar-refractivity contribution >= 4 is 6.29 Å². The Morgan fingerprint density at radius 1 is 0.667 bits per heavy atom. The van der Waals surface area contributed by atoms with Gasteiger partial charge < -0.3 is 20.1 Å². The van der Waals surface area contributed by atoms with Crippen LogP contribution in [0.2, 0.25) is 0 Å². The zero-order valence-corrected chi connectivity index (χ0v) is 19.1. The van der Waals surface area contributed by atoms with Crippen molar-refractivity contribution in [1.82, 2.24) is 0 Å². The second-order valence-corrected chi connectivity index (χ2v) is 8.39. The van der Waals surface area contributed by atoms with Crippen molar-refractivity contribution in [3.63, 3.8) is 0 Å². The first-order valence-corrected chi connectivity index (χ1v) is 11.4. The van der Waals surface area contributed by atoms with Crippen LogP contribution in [0, 0.1) is 30.3 Å². The van der Waals surface area contributed by atoms with E-state index in [0.29, 0.717) is 44.9 Å². The number of unbranched alkanes of at least 4 members (excludes halogenated alkanes) is 6. The molecule has 6 unspecified atom stereocenters. The number of nitro groups is 3. The van der Waals surface area contributed by atoms with Crippen molar-refractivity contribution < 1.29 is 34.9 Å². The van der Waals surface area contributed by atoms with E-state index in [0.717, 1.165) is 12.7 Å².